The monoisotopic (exact) mass is 376 g/mol. The van der Waals surface area contributed by atoms with Crippen LogP contribution in [0.15, 0.2) is 41.5 Å². The molecule has 5 heteroatoms. The summed E-state index contributed by atoms with van der Waals surface area (Å²) in [5, 5.41) is 0.695. The zero-order valence-corrected chi connectivity index (χ0v) is 16.1. The van der Waals surface area contributed by atoms with Crippen molar-refractivity contribution in [2.75, 3.05) is 14.2 Å². The maximum atomic E-state index is 12.2. The van der Waals surface area contributed by atoms with Crippen molar-refractivity contribution in [3.8, 4) is 0 Å². The van der Waals surface area contributed by atoms with E-state index < -0.39 is 11.9 Å². The van der Waals surface area contributed by atoms with Gasteiger partial charge in [0.1, 0.15) is 5.57 Å². The molecule has 0 spiro atoms. The Kier molecular flexibility index (Phi) is 7.92. The average molecular weight is 377 g/mol. The van der Waals surface area contributed by atoms with Crippen molar-refractivity contribution >= 4 is 29.6 Å². The second-order valence-electron chi connectivity index (χ2n) is 6.37. The molecule has 0 radical (unpaired) electrons. The van der Waals surface area contributed by atoms with Gasteiger partial charge in [0.05, 0.1) is 14.2 Å². The Bertz CT molecular complexity index is 688. The molecular formula is C21H25ClO4. The zero-order chi connectivity index (χ0) is 18.9. The summed E-state index contributed by atoms with van der Waals surface area (Å²) < 4.78 is 9.67. The van der Waals surface area contributed by atoms with E-state index in [1.54, 1.807) is 0 Å². The summed E-state index contributed by atoms with van der Waals surface area (Å²) in [7, 11) is 2.58. The van der Waals surface area contributed by atoms with Gasteiger partial charge in [0, 0.05) is 5.02 Å². The Morgan fingerprint density at radius 1 is 1.15 bits per heavy atom. The van der Waals surface area contributed by atoms with Crippen LogP contribution >= 0.6 is 11.6 Å². The number of hydrogen-bond acceptors (Lipinski definition) is 4. The minimum absolute atomic E-state index is 0.0676. The highest BCUT2D eigenvalue weighted by Gasteiger charge is 2.29. The van der Waals surface area contributed by atoms with E-state index in [0.717, 1.165) is 49.7 Å². The highest BCUT2D eigenvalue weighted by Crippen LogP contribution is 2.34. The summed E-state index contributed by atoms with van der Waals surface area (Å²) in [6, 6.07) is 7.63. The van der Waals surface area contributed by atoms with Crippen molar-refractivity contribution in [3.05, 3.63) is 52.1 Å². The van der Waals surface area contributed by atoms with Crippen LogP contribution in [0.5, 0.6) is 0 Å². The van der Waals surface area contributed by atoms with Gasteiger partial charge in [0.2, 0.25) is 0 Å². The molecule has 0 bridgehead atoms. The fraction of sp³-hybridized carbons (Fsp3) is 0.429. The molecule has 4 nitrogen and oxygen atoms in total. The van der Waals surface area contributed by atoms with Gasteiger partial charge in [-0.3, -0.25) is 0 Å². The largest absolute Gasteiger partial charge is 0.465 e. The first kappa shape index (κ1) is 20.2. The molecule has 26 heavy (non-hydrogen) atoms. The molecule has 140 valence electrons. The van der Waals surface area contributed by atoms with Crippen LogP contribution in [-0.4, -0.2) is 26.2 Å². The second kappa shape index (κ2) is 10.2. The standard InChI is InChI=1S/C21H25ClO4/c1-25-20(23)19(21(24)26-2)18-13-5-3-4-10-16(18)11-6-8-15-9-7-12-17(22)14-15/h6-9,12,14,16H,3-5,10-11,13H2,1-2H3/b8-6+/t16-/m0/s1. The van der Waals surface area contributed by atoms with Gasteiger partial charge in [-0.1, -0.05) is 48.7 Å². The molecule has 1 saturated carbocycles. The van der Waals surface area contributed by atoms with Crippen LogP contribution in [0.2, 0.25) is 5.02 Å². The van der Waals surface area contributed by atoms with Gasteiger partial charge in [-0.2, -0.15) is 0 Å². The topological polar surface area (TPSA) is 52.6 Å². The van der Waals surface area contributed by atoms with Gasteiger partial charge in [0.15, 0.2) is 0 Å². The van der Waals surface area contributed by atoms with Crippen LogP contribution in [0.3, 0.4) is 0 Å². The van der Waals surface area contributed by atoms with E-state index in [0.29, 0.717) is 5.02 Å². The smallest absolute Gasteiger partial charge is 0.345 e. The molecule has 1 atom stereocenters. The third-order valence-corrected chi connectivity index (χ3v) is 4.91. The molecule has 0 amide bonds. The highest BCUT2D eigenvalue weighted by molar-refractivity contribution is 6.30. The van der Waals surface area contributed by atoms with E-state index in [-0.39, 0.29) is 11.5 Å². The quantitative estimate of drug-likeness (QED) is 0.239. The third kappa shape index (κ3) is 5.46. The van der Waals surface area contributed by atoms with E-state index >= 15 is 0 Å². The Balaban J connectivity index is 2.28. The molecule has 0 N–H and O–H groups in total. The van der Waals surface area contributed by atoms with Crippen LogP contribution < -0.4 is 0 Å². The summed E-state index contributed by atoms with van der Waals surface area (Å²) in [6.07, 6.45) is 9.63. The van der Waals surface area contributed by atoms with Gasteiger partial charge >= 0.3 is 11.9 Å². The molecule has 0 aromatic heterocycles. The molecule has 1 fully saturated rings. The number of halogens is 1. The van der Waals surface area contributed by atoms with Crippen molar-refractivity contribution in [1.29, 1.82) is 0 Å². The molecular weight excluding hydrogens is 352 g/mol. The molecule has 1 aromatic carbocycles. The highest BCUT2D eigenvalue weighted by atomic mass is 35.5. The summed E-state index contributed by atoms with van der Waals surface area (Å²) in [5.41, 5.74) is 1.95. The van der Waals surface area contributed by atoms with E-state index in [1.165, 1.54) is 14.2 Å². The maximum absolute atomic E-state index is 12.2. The Hall–Kier alpha value is -2.07. The minimum Gasteiger partial charge on any atom is -0.465 e. The number of carbonyl (C=O) groups excluding carboxylic acids is 2. The minimum atomic E-state index is -0.613. The lowest BCUT2D eigenvalue weighted by atomic mass is 9.87. The fourth-order valence-corrected chi connectivity index (χ4v) is 3.58. The van der Waals surface area contributed by atoms with Crippen molar-refractivity contribution in [2.45, 2.75) is 38.5 Å². The first-order valence-electron chi connectivity index (χ1n) is 8.88. The van der Waals surface area contributed by atoms with E-state index in [4.69, 9.17) is 21.1 Å². The molecule has 0 heterocycles. The van der Waals surface area contributed by atoms with Gasteiger partial charge in [-0.15, -0.1) is 0 Å². The van der Waals surface area contributed by atoms with Gasteiger partial charge in [0.25, 0.3) is 0 Å². The zero-order valence-electron chi connectivity index (χ0n) is 15.3. The Labute approximate surface area is 159 Å². The Morgan fingerprint density at radius 3 is 2.54 bits per heavy atom. The van der Waals surface area contributed by atoms with Crippen molar-refractivity contribution in [1.82, 2.24) is 0 Å². The van der Waals surface area contributed by atoms with E-state index in [1.807, 2.05) is 30.3 Å². The molecule has 2 rings (SSSR count). The van der Waals surface area contributed by atoms with Crippen LogP contribution in [0.1, 0.15) is 44.1 Å². The number of ether oxygens (including phenoxy) is 2. The van der Waals surface area contributed by atoms with Crippen molar-refractivity contribution in [2.24, 2.45) is 5.92 Å². The maximum Gasteiger partial charge on any atom is 0.345 e. The van der Waals surface area contributed by atoms with Gasteiger partial charge in [-0.05, 0) is 54.9 Å². The molecule has 1 aromatic rings. The molecule has 1 aliphatic carbocycles. The normalized spacial score (nSPS) is 17.7. The number of hydrogen-bond donors (Lipinski definition) is 0. The number of methoxy groups -OCH3 is 2. The molecule has 0 aliphatic heterocycles. The lowest BCUT2D eigenvalue weighted by Gasteiger charge is -2.19. The first-order chi connectivity index (χ1) is 12.6. The number of rotatable bonds is 5. The van der Waals surface area contributed by atoms with E-state index in [9.17, 15) is 9.59 Å². The SMILES string of the molecule is COC(=O)C(C(=O)OC)=C1CCCCC[C@H]1C/C=C/c1cccc(Cl)c1. The van der Waals surface area contributed by atoms with Crippen molar-refractivity contribution < 1.29 is 19.1 Å². The summed E-state index contributed by atoms with van der Waals surface area (Å²) in [6.45, 7) is 0. The van der Waals surface area contributed by atoms with Gasteiger partial charge in [-0.25, -0.2) is 9.59 Å². The molecule has 0 saturated heterocycles. The lowest BCUT2D eigenvalue weighted by Crippen LogP contribution is -2.21. The first-order valence-corrected chi connectivity index (χ1v) is 9.26. The van der Waals surface area contributed by atoms with Crippen LogP contribution in [-0.2, 0) is 19.1 Å². The predicted molar refractivity (Wildman–Crippen MR) is 103 cm³/mol. The Morgan fingerprint density at radius 2 is 1.88 bits per heavy atom. The number of carbonyl (C=O) groups is 2. The van der Waals surface area contributed by atoms with E-state index in [2.05, 4.69) is 6.08 Å². The second-order valence-corrected chi connectivity index (χ2v) is 6.81. The van der Waals surface area contributed by atoms with Crippen molar-refractivity contribution in [3.63, 3.8) is 0 Å². The number of allylic oxidation sites excluding steroid dienone is 2. The lowest BCUT2D eigenvalue weighted by molar-refractivity contribution is -0.144. The van der Waals surface area contributed by atoms with Gasteiger partial charge < -0.3 is 9.47 Å². The van der Waals surface area contributed by atoms with Crippen LogP contribution in [0.25, 0.3) is 6.08 Å². The third-order valence-electron chi connectivity index (χ3n) is 4.67. The molecule has 1 aliphatic rings. The summed E-state index contributed by atoms with van der Waals surface area (Å²) in [4.78, 5) is 24.4. The van der Waals surface area contributed by atoms with Crippen LogP contribution in [0.4, 0.5) is 0 Å². The summed E-state index contributed by atoms with van der Waals surface area (Å²) in [5.74, 6) is -1.10. The van der Waals surface area contributed by atoms with Crippen LogP contribution in [0, 0.1) is 5.92 Å². The molecule has 0 unspecified atom stereocenters. The predicted octanol–water partition coefficient (Wildman–Crippen LogP) is 4.97. The fourth-order valence-electron chi connectivity index (χ4n) is 3.38. The average Bonchev–Trinajstić information content (AvgIpc) is 2.87. The summed E-state index contributed by atoms with van der Waals surface area (Å²) >= 11 is 6.02. The number of benzene rings is 1. The number of esters is 2.